The van der Waals surface area contributed by atoms with Gasteiger partial charge in [-0.1, -0.05) is 26.0 Å². The van der Waals surface area contributed by atoms with Crippen molar-refractivity contribution >= 4 is 5.91 Å². The summed E-state index contributed by atoms with van der Waals surface area (Å²) in [5, 5.41) is 17.5. The number of aromatic nitrogens is 3. The third kappa shape index (κ3) is 6.12. The van der Waals surface area contributed by atoms with E-state index in [2.05, 4.69) is 24.1 Å². The molecule has 0 aliphatic heterocycles. The molecule has 0 saturated heterocycles. The monoisotopic (exact) mass is 472 g/mol. The van der Waals surface area contributed by atoms with E-state index in [1.165, 1.54) is 18.2 Å². The summed E-state index contributed by atoms with van der Waals surface area (Å²) < 4.78 is 15.4. The molecule has 0 fully saturated rings. The number of phenolic OH excluding ortho intramolecular Hbond substituents is 1. The predicted molar refractivity (Wildman–Crippen MR) is 134 cm³/mol. The second-order valence-corrected chi connectivity index (χ2v) is 8.93. The first kappa shape index (κ1) is 24.1. The molecule has 4 aromatic rings. The molecule has 0 spiro atoms. The van der Waals surface area contributed by atoms with Crippen LogP contribution in [-0.2, 0) is 13.0 Å². The molecule has 0 radical (unpaired) electrons. The highest BCUT2D eigenvalue weighted by atomic mass is 19.1. The molecule has 2 N–H and O–H groups in total. The molecule has 0 unspecified atom stereocenters. The molecule has 2 aromatic carbocycles. The van der Waals surface area contributed by atoms with Crippen LogP contribution in [0.1, 0.15) is 36.3 Å². The van der Waals surface area contributed by atoms with Gasteiger partial charge < -0.3 is 10.4 Å². The van der Waals surface area contributed by atoms with Gasteiger partial charge in [0.25, 0.3) is 5.91 Å². The fourth-order valence-electron chi connectivity index (χ4n) is 3.94. The Morgan fingerprint density at radius 2 is 1.86 bits per heavy atom. The number of phenols is 1. The summed E-state index contributed by atoms with van der Waals surface area (Å²) in [4.78, 5) is 16.8. The second-order valence-electron chi connectivity index (χ2n) is 8.93. The lowest BCUT2D eigenvalue weighted by Gasteiger charge is -2.08. The van der Waals surface area contributed by atoms with Crippen LogP contribution in [0.2, 0.25) is 0 Å². The summed E-state index contributed by atoms with van der Waals surface area (Å²) in [5.74, 6) is -0.178. The van der Waals surface area contributed by atoms with Crippen LogP contribution in [0.5, 0.6) is 5.75 Å². The third-order valence-corrected chi connectivity index (χ3v) is 5.60. The smallest absolute Gasteiger partial charge is 0.255 e. The van der Waals surface area contributed by atoms with Gasteiger partial charge in [0.1, 0.15) is 17.3 Å². The Bertz CT molecular complexity index is 1300. The van der Waals surface area contributed by atoms with Crippen molar-refractivity contribution in [3.63, 3.8) is 0 Å². The molecule has 35 heavy (non-hydrogen) atoms. The minimum atomic E-state index is -0.300. The van der Waals surface area contributed by atoms with Crippen molar-refractivity contribution in [1.29, 1.82) is 0 Å². The fraction of sp³-hybridized carbons (Fsp3) is 0.250. The van der Waals surface area contributed by atoms with Gasteiger partial charge in [-0.15, -0.1) is 0 Å². The molecule has 0 saturated carbocycles. The van der Waals surface area contributed by atoms with E-state index in [0.717, 1.165) is 34.6 Å². The summed E-state index contributed by atoms with van der Waals surface area (Å²) in [7, 11) is 0. The van der Waals surface area contributed by atoms with E-state index in [9.17, 15) is 14.3 Å². The predicted octanol–water partition coefficient (Wildman–Crippen LogP) is 5.48. The largest absolute Gasteiger partial charge is 0.507 e. The average Bonchev–Trinajstić information content (AvgIpc) is 3.26. The number of hydrogen-bond donors (Lipinski definition) is 2. The van der Waals surface area contributed by atoms with Crippen molar-refractivity contribution in [3.8, 4) is 28.1 Å². The number of amides is 1. The first-order valence-corrected chi connectivity index (χ1v) is 11.8. The van der Waals surface area contributed by atoms with Crippen molar-refractivity contribution in [3.05, 3.63) is 90.1 Å². The first-order valence-electron chi connectivity index (χ1n) is 11.8. The summed E-state index contributed by atoms with van der Waals surface area (Å²) >= 11 is 0. The zero-order valence-corrected chi connectivity index (χ0v) is 19.9. The van der Waals surface area contributed by atoms with Gasteiger partial charge in [-0.25, -0.2) is 4.39 Å². The van der Waals surface area contributed by atoms with Crippen LogP contribution in [0, 0.1) is 11.7 Å². The number of hydrogen-bond acceptors (Lipinski definition) is 4. The van der Waals surface area contributed by atoms with Gasteiger partial charge in [0, 0.05) is 42.3 Å². The number of pyridine rings is 1. The van der Waals surface area contributed by atoms with E-state index in [4.69, 9.17) is 5.10 Å². The molecule has 0 bridgehead atoms. The maximum Gasteiger partial charge on any atom is 0.255 e. The molecule has 2 aromatic heterocycles. The van der Waals surface area contributed by atoms with E-state index in [1.54, 1.807) is 36.5 Å². The number of benzene rings is 2. The highest BCUT2D eigenvalue weighted by Gasteiger charge is 2.15. The van der Waals surface area contributed by atoms with Gasteiger partial charge in [-0.3, -0.25) is 14.5 Å². The number of nitrogens with one attached hydrogen (secondary N) is 1. The molecular weight excluding hydrogens is 443 g/mol. The number of nitrogens with zero attached hydrogens (tertiary/aromatic N) is 3. The Hall–Kier alpha value is -4.00. The van der Waals surface area contributed by atoms with Crippen molar-refractivity contribution < 1.29 is 14.3 Å². The number of para-hydroxylation sites is 1. The van der Waals surface area contributed by atoms with Crippen LogP contribution in [0.25, 0.3) is 22.4 Å². The minimum absolute atomic E-state index is 0.0330. The molecule has 0 aliphatic carbocycles. The normalized spacial score (nSPS) is 11.1. The number of halogens is 1. The van der Waals surface area contributed by atoms with Gasteiger partial charge in [0.15, 0.2) is 0 Å². The highest BCUT2D eigenvalue weighted by molar-refractivity contribution is 5.96. The number of rotatable bonds is 9. The van der Waals surface area contributed by atoms with Crippen LogP contribution in [0.3, 0.4) is 0 Å². The molecule has 0 aliphatic rings. The van der Waals surface area contributed by atoms with Crippen LogP contribution < -0.4 is 5.32 Å². The molecule has 6 nitrogen and oxygen atoms in total. The maximum absolute atomic E-state index is 13.5. The number of carbonyl (C=O) groups is 1. The Kier molecular flexibility index (Phi) is 7.55. The van der Waals surface area contributed by atoms with Gasteiger partial charge >= 0.3 is 0 Å². The van der Waals surface area contributed by atoms with Crippen LogP contribution in [-0.4, -0.2) is 32.3 Å². The Morgan fingerprint density at radius 3 is 2.60 bits per heavy atom. The zero-order valence-electron chi connectivity index (χ0n) is 19.9. The molecular formula is C28H29FN4O2. The SMILES string of the molecule is CC(C)Cn1cc(-c2ccnc(CCCNC(=O)c3ccccc3O)c2)c(-c2ccc(F)cc2)n1. The van der Waals surface area contributed by atoms with Crippen molar-refractivity contribution in [2.24, 2.45) is 5.92 Å². The highest BCUT2D eigenvalue weighted by Crippen LogP contribution is 2.31. The van der Waals surface area contributed by atoms with Crippen LogP contribution in [0.15, 0.2) is 73.1 Å². The fourth-order valence-corrected chi connectivity index (χ4v) is 3.94. The average molecular weight is 473 g/mol. The number of aromatic hydroxyl groups is 1. The van der Waals surface area contributed by atoms with E-state index in [1.807, 2.05) is 23.0 Å². The minimum Gasteiger partial charge on any atom is -0.507 e. The van der Waals surface area contributed by atoms with Gasteiger partial charge in [0.2, 0.25) is 0 Å². The van der Waals surface area contributed by atoms with Crippen molar-refractivity contribution in [2.75, 3.05) is 6.54 Å². The second kappa shape index (κ2) is 11.0. The Labute approximate surface area is 204 Å². The molecule has 1 amide bonds. The quantitative estimate of drug-likeness (QED) is 0.316. The van der Waals surface area contributed by atoms with Gasteiger partial charge in [-0.05, 0) is 72.9 Å². The van der Waals surface area contributed by atoms with Crippen LogP contribution >= 0.6 is 0 Å². The van der Waals surface area contributed by atoms with E-state index >= 15 is 0 Å². The zero-order chi connectivity index (χ0) is 24.8. The van der Waals surface area contributed by atoms with Crippen LogP contribution in [0.4, 0.5) is 4.39 Å². The lowest BCUT2D eigenvalue weighted by Crippen LogP contribution is -2.24. The van der Waals surface area contributed by atoms with E-state index in [-0.39, 0.29) is 23.0 Å². The standard InChI is InChI=1S/C28H29FN4O2/c1-19(2)17-33-18-25(27(32-33)20-9-11-22(29)12-10-20)21-13-15-30-23(16-21)6-5-14-31-28(35)24-7-3-4-8-26(24)34/h3-4,7-13,15-16,18-19,34H,5-6,14,17H2,1-2H3,(H,31,35). The maximum atomic E-state index is 13.5. The summed E-state index contributed by atoms with van der Waals surface area (Å²) in [6.07, 6.45) is 5.19. The van der Waals surface area contributed by atoms with E-state index < -0.39 is 0 Å². The molecule has 7 heteroatoms. The summed E-state index contributed by atoms with van der Waals surface area (Å²) in [5.41, 5.74) is 4.78. The molecule has 4 rings (SSSR count). The number of carbonyl (C=O) groups excluding carboxylic acids is 1. The first-order chi connectivity index (χ1) is 16.9. The topological polar surface area (TPSA) is 80.0 Å². The molecule has 180 valence electrons. The van der Waals surface area contributed by atoms with Gasteiger partial charge in [-0.2, -0.15) is 5.10 Å². The molecule has 0 atom stereocenters. The van der Waals surface area contributed by atoms with E-state index in [0.29, 0.717) is 25.3 Å². The third-order valence-electron chi connectivity index (χ3n) is 5.60. The lowest BCUT2D eigenvalue weighted by atomic mass is 10.0. The van der Waals surface area contributed by atoms with Crippen molar-refractivity contribution in [1.82, 2.24) is 20.1 Å². The van der Waals surface area contributed by atoms with Gasteiger partial charge in [0.05, 0.1) is 5.56 Å². The number of aryl methyl sites for hydroxylation is 1. The summed E-state index contributed by atoms with van der Waals surface area (Å²) in [6.45, 7) is 5.53. The molecule has 2 heterocycles. The Balaban J connectivity index is 1.48. The Morgan fingerprint density at radius 1 is 1.09 bits per heavy atom. The summed E-state index contributed by atoms with van der Waals surface area (Å²) in [6, 6.07) is 16.9. The van der Waals surface area contributed by atoms with Crippen molar-refractivity contribution in [2.45, 2.75) is 33.2 Å². The lowest BCUT2D eigenvalue weighted by molar-refractivity contribution is 0.0950.